The van der Waals surface area contributed by atoms with Crippen molar-refractivity contribution in [2.24, 2.45) is 5.92 Å². The van der Waals surface area contributed by atoms with Gasteiger partial charge in [-0.25, -0.2) is 0 Å². The summed E-state index contributed by atoms with van der Waals surface area (Å²) in [5.41, 5.74) is 2.94. The zero-order valence-corrected chi connectivity index (χ0v) is 18.9. The van der Waals surface area contributed by atoms with Crippen molar-refractivity contribution >= 4 is 11.6 Å². The highest BCUT2D eigenvalue weighted by Gasteiger charge is 2.27. The molecule has 0 saturated carbocycles. The molecule has 7 nitrogen and oxygen atoms in total. The van der Waals surface area contributed by atoms with E-state index >= 15 is 0 Å². The van der Waals surface area contributed by atoms with Gasteiger partial charge in [0.25, 0.3) is 0 Å². The number of carbonyl (C=O) groups is 1. The van der Waals surface area contributed by atoms with E-state index in [2.05, 4.69) is 40.3 Å². The maximum atomic E-state index is 13.0. The van der Waals surface area contributed by atoms with Gasteiger partial charge < -0.3 is 14.6 Å². The van der Waals surface area contributed by atoms with E-state index in [9.17, 15) is 4.79 Å². The van der Waals surface area contributed by atoms with Crippen LogP contribution in [-0.2, 0) is 11.3 Å². The Balaban J connectivity index is 1.37. The largest absolute Gasteiger partial charge is 0.497 e. The maximum Gasteiger partial charge on any atom is 0.241 e. The Morgan fingerprint density at radius 2 is 2.00 bits per heavy atom. The molecule has 2 heterocycles. The molecule has 3 aromatic rings. The van der Waals surface area contributed by atoms with Crippen molar-refractivity contribution in [3.05, 3.63) is 60.0 Å². The number of amides is 1. The summed E-state index contributed by atoms with van der Waals surface area (Å²) in [4.78, 5) is 19.7. The molecule has 1 amide bonds. The van der Waals surface area contributed by atoms with E-state index in [4.69, 9.17) is 9.26 Å². The fourth-order valence-electron chi connectivity index (χ4n) is 4.13. The Morgan fingerprint density at radius 1 is 1.22 bits per heavy atom. The van der Waals surface area contributed by atoms with Crippen LogP contribution >= 0.6 is 0 Å². The van der Waals surface area contributed by atoms with Gasteiger partial charge >= 0.3 is 0 Å². The Kier molecular flexibility index (Phi) is 6.85. The molecule has 1 aliphatic heterocycles. The number of nitrogens with zero attached hydrogens (tertiary/aromatic N) is 3. The number of likely N-dealkylation sites (tertiary alicyclic amines) is 1. The zero-order valence-electron chi connectivity index (χ0n) is 18.9. The number of hydrogen-bond acceptors (Lipinski definition) is 6. The van der Waals surface area contributed by atoms with Gasteiger partial charge in [-0.2, -0.15) is 4.98 Å². The normalized spacial score (nSPS) is 16.8. The van der Waals surface area contributed by atoms with Gasteiger partial charge in [0.15, 0.2) is 0 Å². The van der Waals surface area contributed by atoms with Crippen molar-refractivity contribution in [1.82, 2.24) is 15.0 Å². The van der Waals surface area contributed by atoms with Gasteiger partial charge in [-0.1, -0.05) is 37.2 Å². The number of benzene rings is 2. The quantitative estimate of drug-likeness (QED) is 0.580. The van der Waals surface area contributed by atoms with Crippen LogP contribution in [0, 0.1) is 5.92 Å². The number of methoxy groups -OCH3 is 1. The second-order valence-electron chi connectivity index (χ2n) is 8.55. The van der Waals surface area contributed by atoms with Crippen LogP contribution in [0.3, 0.4) is 0 Å². The minimum atomic E-state index is -0.0621. The van der Waals surface area contributed by atoms with Crippen molar-refractivity contribution in [2.45, 2.75) is 39.2 Å². The minimum absolute atomic E-state index is 0.0621. The van der Waals surface area contributed by atoms with Crippen LogP contribution in [0.25, 0.3) is 11.4 Å². The molecule has 2 aromatic carbocycles. The molecule has 0 spiro atoms. The van der Waals surface area contributed by atoms with Crippen molar-refractivity contribution in [3.8, 4) is 17.1 Å². The lowest BCUT2D eigenvalue weighted by Crippen LogP contribution is -2.40. The smallest absolute Gasteiger partial charge is 0.241 e. The Hall–Kier alpha value is -3.19. The van der Waals surface area contributed by atoms with E-state index in [1.807, 2.05) is 42.5 Å². The minimum Gasteiger partial charge on any atom is -0.497 e. The molecule has 1 aliphatic rings. The first-order valence-corrected chi connectivity index (χ1v) is 11.1. The fraction of sp³-hybridized carbons (Fsp3) is 0.400. The number of para-hydroxylation sites is 1. The highest BCUT2D eigenvalue weighted by molar-refractivity contribution is 5.93. The average molecular weight is 435 g/mol. The van der Waals surface area contributed by atoms with Crippen LogP contribution in [0.4, 0.5) is 5.69 Å². The van der Waals surface area contributed by atoms with Crippen LogP contribution in [0.2, 0.25) is 0 Å². The number of anilines is 1. The Bertz CT molecular complexity index is 1050. The Morgan fingerprint density at radius 3 is 2.75 bits per heavy atom. The van der Waals surface area contributed by atoms with E-state index in [1.54, 1.807) is 7.11 Å². The second-order valence-corrected chi connectivity index (χ2v) is 8.55. The standard InChI is InChI=1S/C25H30N4O3/c1-17(2)21-8-4-5-9-22(21)26-25(30)19-7-6-14-29(15-19)16-23-27-24(28-32-23)18-10-12-20(31-3)13-11-18/h4-5,8-13,17,19H,6-7,14-16H2,1-3H3,(H,26,30). The van der Waals surface area contributed by atoms with Crippen molar-refractivity contribution < 1.29 is 14.1 Å². The van der Waals surface area contributed by atoms with E-state index < -0.39 is 0 Å². The van der Waals surface area contributed by atoms with Gasteiger partial charge in [0.2, 0.25) is 17.6 Å². The van der Waals surface area contributed by atoms with Crippen molar-refractivity contribution in [1.29, 1.82) is 0 Å². The average Bonchev–Trinajstić information content (AvgIpc) is 3.28. The maximum absolute atomic E-state index is 13.0. The number of ether oxygens (including phenoxy) is 1. The van der Waals surface area contributed by atoms with Gasteiger partial charge in [-0.3, -0.25) is 9.69 Å². The zero-order chi connectivity index (χ0) is 22.5. The third-order valence-corrected chi connectivity index (χ3v) is 5.89. The Labute approximate surface area is 188 Å². The van der Waals surface area contributed by atoms with Gasteiger partial charge in [-0.15, -0.1) is 0 Å². The molecule has 1 saturated heterocycles. The first-order valence-electron chi connectivity index (χ1n) is 11.1. The molecule has 1 fully saturated rings. The van der Waals surface area contributed by atoms with E-state index in [0.717, 1.165) is 42.0 Å². The molecule has 1 aromatic heterocycles. The molecule has 1 atom stereocenters. The second kappa shape index (κ2) is 9.96. The fourth-order valence-corrected chi connectivity index (χ4v) is 4.13. The molecule has 7 heteroatoms. The molecule has 1 unspecified atom stereocenters. The molecule has 32 heavy (non-hydrogen) atoms. The number of rotatable bonds is 7. The van der Waals surface area contributed by atoms with Gasteiger partial charge in [0, 0.05) is 17.8 Å². The molecule has 168 valence electrons. The lowest BCUT2D eigenvalue weighted by atomic mass is 9.96. The number of nitrogens with one attached hydrogen (secondary N) is 1. The summed E-state index contributed by atoms with van der Waals surface area (Å²) in [5.74, 6) is 2.26. The third-order valence-electron chi connectivity index (χ3n) is 5.89. The molecule has 0 radical (unpaired) electrons. The summed E-state index contributed by atoms with van der Waals surface area (Å²) in [7, 11) is 1.64. The van der Waals surface area contributed by atoms with E-state index in [0.29, 0.717) is 30.7 Å². The van der Waals surface area contributed by atoms with Crippen molar-refractivity contribution in [3.63, 3.8) is 0 Å². The first kappa shape index (κ1) is 22.0. The molecule has 4 rings (SSSR count). The summed E-state index contributed by atoms with van der Waals surface area (Å²) in [5, 5.41) is 7.26. The summed E-state index contributed by atoms with van der Waals surface area (Å²) in [6.45, 7) is 6.40. The van der Waals surface area contributed by atoms with Crippen LogP contribution in [0.15, 0.2) is 53.1 Å². The van der Waals surface area contributed by atoms with E-state index in [1.165, 1.54) is 0 Å². The van der Waals surface area contributed by atoms with Crippen LogP contribution < -0.4 is 10.1 Å². The van der Waals surface area contributed by atoms with Gasteiger partial charge in [0.1, 0.15) is 5.75 Å². The lowest BCUT2D eigenvalue weighted by molar-refractivity contribution is -0.121. The molecule has 0 bridgehead atoms. The number of hydrogen-bond donors (Lipinski definition) is 1. The number of piperidine rings is 1. The van der Waals surface area contributed by atoms with Crippen LogP contribution in [0.1, 0.15) is 44.1 Å². The highest BCUT2D eigenvalue weighted by Crippen LogP contribution is 2.26. The molecular weight excluding hydrogens is 404 g/mol. The summed E-state index contributed by atoms with van der Waals surface area (Å²) in [6.07, 6.45) is 1.84. The number of aromatic nitrogens is 2. The van der Waals surface area contributed by atoms with Crippen LogP contribution in [0.5, 0.6) is 5.75 Å². The lowest BCUT2D eigenvalue weighted by Gasteiger charge is -2.31. The highest BCUT2D eigenvalue weighted by atomic mass is 16.5. The van der Waals surface area contributed by atoms with Gasteiger partial charge in [-0.05, 0) is 61.2 Å². The van der Waals surface area contributed by atoms with Gasteiger partial charge in [0.05, 0.1) is 19.6 Å². The topological polar surface area (TPSA) is 80.5 Å². The monoisotopic (exact) mass is 434 g/mol. The molecule has 1 N–H and O–H groups in total. The molecular formula is C25H30N4O3. The van der Waals surface area contributed by atoms with Crippen molar-refractivity contribution in [2.75, 3.05) is 25.5 Å². The van der Waals surface area contributed by atoms with E-state index in [-0.39, 0.29) is 11.8 Å². The summed E-state index contributed by atoms with van der Waals surface area (Å²) in [6, 6.07) is 15.6. The number of carbonyl (C=O) groups excluding carboxylic acids is 1. The van der Waals surface area contributed by atoms with Crippen LogP contribution in [-0.4, -0.2) is 41.1 Å². The summed E-state index contributed by atoms with van der Waals surface area (Å²) >= 11 is 0. The molecule has 0 aliphatic carbocycles. The SMILES string of the molecule is COc1ccc(-c2noc(CN3CCCC(C(=O)Nc4ccccc4C(C)C)C3)n2)cc1. The predicted octanol–water partition coefficient (Wildman–Crippen LogP) is 4.72. The predicted molar refractivity (Wildman–Crippen MR) is 123 cm³/mol. The first-order chi connectivity index (χ1) is 15.5. The summed E-state index contributed by atoms with van der Waals surface area (Å²) < 4.78 is 10.7. The third kappa shape index (κ3) is 5.16.